The minimum Gasteiger partial charge on any atom is -0.453 e. The fraction of sp³-hybridized carbons (Fsp3) is 0.429. The van der Waals surface area contributed by atoms with Crippen LogP contribution >= 0.6 is 0 Å². The molecule has 234 valence electrons. The summed E-state index contributed by atoms with van der Waals surface area (Å²) in [4.78, 5) is 28.6. The van der Waals surface area contributed by atoms with E-state index < -0.39 is 24.3 Å². The summed E-state index contributed by atoms with van der Waals surface area (Å²) in [5, 5.41) is 12.3. The van der Waals surface area contributed by atoms with Crippen molar-refractivity contribution >= 4 is 17.6 Å². The molecule has 9 nitrogen and oxygen atoms in total. The van der Waals surface area contributed by atoms with Crippen molar-refractivity contribution in [3.8, 4) is 0 Å². The number of amides is 1. The molecule has 0 saturated carbocycles. The molecule has 3 aromatic rings. The van der Waals surface area contributed by atoms with Crippen LogP contribution in [0.2, 0.25) is 0 Å². The van der Waals surface area contributed by atoms with Gasteiger partial charge >= 0.3 is 5.97 Å². The lowest BCUT2D eigenvalue weighted by Gasteiger charge is -2.44. The second-order valence-electron chi connectivity index (χ2n) is 11.7. The summed E-state index contributed by atoms with van der Waals surface area (Å²) in [6, 6.07) is 25.9. The molecule has 0 unspecified atom stereocenters. The van der Waals surface area contributed by atoms with Crippen LogP contribution in [0.4, 0.5) is 5.69 Å². The molecule has 2 aliphatic heterocycles. The predicted octanol–water partition coefficient (Wildman–Crippen LogP) is 4.68. The Morgan fingerprint density at radius 3 is 2.16 bits per heavy atom. The van der Waals surface area contributed by atoms with Crippen molar-refractivity contribution < 1.29 is 28.9 Å². The topological polar surface area (TPSA) is 101 Å². The van der Waals surface area contributed by atoms with E-state index in [-0.39, 0.29) is 24.7 Å². The van der Waals surface area contributed by atoms with E-state index in [4.69, 9.17) is 14.2 Å². The maximum Gasteiger partial charge on any atom is 0.303 e. The van der Waals surface area contributed by atoms with Gasteiger partial charge in [0.2, 0.25) is 0 Å². The molecule has 9 heteroatoms. The number of esters is 1. The van der Waals surface area contributed by atoms with E-state index in [9.17, 15) is 14.7 Å². The Hall–Kier alpha value is -3.60. The number of carbonyl (C=O) groups excluding carboxylic acids is 2. The first-order chi connectivity index (χ1) is 21.3. The number of hydrogen-bond acceptors (Lipinski definition) is 8. The molecule has 0 aromatic heterocycles. The van der Waals surface area contributed by atoms with Crippen LogP contribution in [0.25, 0.3) is 0 Å². The van der Waals surface area contributed by atoms with Gasteiger partial charge in [-0.3, -0.25) is 19.4 Å². The van der Waals surface area contributed by atoms with Crippen LogP contribution in [-0.4, -0.2) is 71.7 Å². The highest BCUT2D eigenvalue weighted by atomic mass is 16.7. The number of anilines is 1. The fourth-order valence-corrected chi connectivity index (χ4v) is 5.82. The average molecular weight is 602 g/mol. The largest absolute Gasteiger partial charge is 0.453 e. The lowest BCUT2D eigenvalue weighted by atomic mass is 9.90. The van der Waals surface area contributed by atoms with Gasteiger partial charge in [-0.25, -0.2) is 0 Å². The molecule has 2 fully saturated rings. The third kappa shape index (κ3) is 8.31. The maximum atomic E-state index is 12.4. The van der Waals surface area contributed by atoms with Gasteiger partial charge in [0.25, 0.3) is 5.91 Å². The Kier molecular flexibility index (Phi) is 10.8. The number of hydrogen-bond donors (Lipinski definition) is 2. The number of nitrogens with one attached hydrogen (secondary N) is 1. The molecule has 2 N–H and O–H groups in total. The minimum atomic E-state index is -0.891. The highest BCUT2D eigenvalue weighted by Crippen LogP contribution is 2.42. The summed E-state index contributed by atoms with van der Waals surface area (Å²) < 4.78 is 18.2. The number of piperazine rings is 1. The first-order valence-corrected chi connectivity index (χ1v) is 15.4. The molecular formula is C35H43N3O6. The van der Waals surface area contributed by atoms with Crippen molar-refractivity contribution in [2.45, 2.75) is 58.5 Å². The number of ether oxygens (including phenoxy) is 3. The predicted molar refractivity (Wildman–Crippen MR) is 167 cm³/mol. The van der Waals surface area contributed by atoms with E-state index in [1.54, 1.807) is 12.1 Å². The molecular weight excluding hydrogens is 558 g/mol. The summed E-state index contributed by atoms with van der Waals surface area (Å²) >= 11 is 0. The molecule has 0 aliphatic carbocycles. The van der Waals surface area contributed by atoms with Gasteiger partial charge in [-0.2, -0.15) is 0 Å². The second-order valence-corrected chi connectivity index (χ2v) is 11.7. The van der Waals surface area contributed by atoms with Crippen LogP contribution < -0.4 is 5.32 Å². The molecule has 0 bridgehead atoms. The molecule has 0 spiro atoms. The normalized spacial score (nSPS) is 23.5. The van der Waals surface area contributed by atoms with E-state index in [2.05, 4.69) is 52.4 Å². The standard InChI is InChI=1S/C35H43N3O6/c1-24-32(22-38-19-17-37(18-20-38)21-27-7-5-4-6-8-27)43-35(44-33(24)29-11-9-28(23-39)10-12-29)30-13-15-31(16-14-30)36-34(41)25(2)42-26(3)40/h4-16,24-25,32-33,35,39H,17-23H2,1-3H3,(H,36,41)/t24-,25-,32+,33+,35+/m0/s1. The highest BCUT2D eigenvalue weighted by molar-refractivity contribution is 5.94. The summed E-state index contributed by atoms with van der Waals surface area (Å²) in [5.41, 5.74) is 4.67. The van der Waals surface area contributed by atoms with Gasteiger partial charge in [-0.1, -0.05) is 73.7 Å². The Bertz CT molecular complexity index is 1360. The zero-order valence-corrected chi connectivity index (χ0v) is 25.7. The zero-order chi connectivity index (χ0) is 31.1. The van der Waals surface area contributed by atoms with E-state index in [0.717, 1.165) is 56.0 Å². The van der Waals surface area contributed by atoms with Crippen molar-refractivity contribution in [3.05, 3.63) is 101 Å². The number of rotatable bonds is 10. The van der Waals surface area contributed by atoms with E-state index in [1.165, 1.54) is 19.4 Å². The summed E-state index contributed by atoms with van der Waals surface area (Å²) in [6.45, 7) is 10.7. The average Bonchev–Trinajstić information content (AvgIpc) is 3.03. The molecule has 5 rings (SSSR count). The van der Waals surface area contributed by atoms with Crippen molar-refractivity contribution in [1.29, 1.82) is 0 Å². The second kappa shape index (κ2) is 14.9. The third-order valence-corrected chi connectivity index (χ3v) is 8.44. The lowest BCUT2D eigenvalue weighted by Crippen LogP contribution is -2.51. The van der Waals surface area contributed by atoms with Gasteiger partial charge in [-0.15, -0.1) is 0 Å². The monoisotopic (exact) mass is 601 g/mol. The van der Waals surface area contributed by atoms with Crippen molar-refractivity contribution in [1.82, 2.24) is 9.80 Å². The fourth-order valence-electron chi connectivity index (χ4n) is 5.82. The Morgan fingerprint density at radius 1 is 0.886 bits per heavy atom. The molecule has 0 radical (unpaired) electrons. The number of nitrogens with zero attached hydrogens (tertiary/aromatic N) is 2. The number of aliphatic hydroxyl groups excluding tert-OH is 1. The van der Waals surface area contributed by atoms with Crippen LogP contribution in [0.3, 0.4) is 0 Å². The molecule has 2 heterocycles. The molecule has 44 heavy (non-hydrogen) atoms. The number of aliphatic hydroxyl groups is 1. The Morgan fingerprint density at radius 2 is 1.52 bits per heavy atom. The summed E-state index contributed by atoms with van der Waals surface area (Å²) in [5.74, 6) is -0.815. The quantitative estimate of drug-likeness (QED) is 0.323. The molecule has 1 amide bonds. The van der Waals surface area contributed by atoms with Crippen LogP contribution in [0.15, 0.2) is 78.9 Å². The van der Waals surface area contributed by atoms with Crippen LogP contribution in [0.5, 0.6) is 0 Å². The molecule has 2 aliphatic rings. The first kappa shape index (κ1) is 31.8. The maximum absolute atomic E-state index is 12.4. The van der Waals surface area contributed by atoms with E-state index in [1.807, 2.05) is 36.4 Å². The molecule has 3 aromatic carbocycles. The van der Waals surface area contributed by atoms with Gasteiger partial charge < -0.3 is 24.6 Å². The summed E-state index contributed by atoms with van der Waals surface area (Å²) in [7, 11) is 0. The molecule has 5 atom stereocenters. The van der Waals surface area contributed by atoms with E-state index in [0.29, 0.717) is 5.69 Å². The van der Waals surface area contributed by atoms with Gasteiger partial charge in [0.1, 0.15) is 0 Å². The van der Waals surface area contributed by atoms with Crippen molar-refractivity contribution in [2.24, 2.45) is 5.92 Å². The summed E-state index contributed by atoms with van der Waals surface area (Å²) in [6.07, 6.45) is -1.75. The smallest absolute Gasteiger partial charge is 0.303 e. The zero-order valence-electron chi connectivity index (χ0n) is 25.7. The first-order valence-electron chi connectivity index (χ1n) is 15.4. The van der Waals surface area contributed by atoms with E-state index >= 15 is 0 Å². The van der Waals surface area contributed by atoms with Crippen LogP contribution in [0.1, 0.15) is 55.4 Å². The SMILES string of the molecule is CC(=O)O[C@@H](C)C(=O)Nc1ccc([C@@H]2O[C@H](CN3CCN(Cc4ccccc4)CC3)[C@H](C)[C@H](c3ccc(CO)cc3)O2)cc1. The molecule has 2 saturated heterocycles. The Labute approximate surface area is 259 Å². The Balaban J connectivity index is 1.27. The van der Waals surface area contributed by atoms with Crippen LogP contribution in [-0.2, 0) is 37.0 Å². The number of benzene rings is 3. The van der Waals surface area contributed by atoms with Gasteiger partial charge in [-0.05, 0) is 35.7 Å². The van der Waals surface area contributed by atoms with Crippen molar-refractivity contribution in [3.63, 3.8) is 0 Å². The highest BCUT2D eigenvalue weighted by Gasteiger charge is 2.39. The van der Waals surface area contributed by atoms with Crippen molar-refractivity contribution in [2.75, 3.05) is 38.0 Å². The van der Waals surface area contributed by atoms with Gasteiger partial charge in [0.05, 0.1) is 18.8 Å². The van der Waals surface area contributed by atoms with Gasteiger partial charge in [0, 0.05) is 63.4 Å². The van der Waals surface area contributed by atoms with Gasteiger partial charge in [0.15, 0.2) is 12.4 Å². The third-order valence-electron chi connectivity index (χ3n) is 8.44. The van der Waals surface area contributed by atoms with Crippen LogP contribution in [0, 0.1) is 5.92 Å². The lowest BCUT2D eigenvalue weighted by molar-refractivity contribution is -0.276. The minimum absolute atomic E-state index is 0.00545. The number of carbonyl (C=O) groups is 2.